The first kappa shape index (κ1) is 26.1. The van der Waals surface area contributed by atoms with E-state index in [0.717, 1.165) is 12.8 Å². The fourth-order valence-electron chi connectivity index (χ4n) is 3.00. The average Bonchev–Trinajstić information content (AvgIpc) is 2.61. The molecular weight excluding hydrogens is 359 g/mol. The van der Waals surface area contributed by atoms with Gasteiger partial charge in [-0.3, -0.25) is 19.8 Å². The van der Waals surface area contributed by atoms with Crippen molar-refractivity contribution in [2.75, 3.05) is 26.2 Å². The summed E-state index contributed by atoms with van der Waals surface area (Å²) in [6.07, 6.45) is 1.87. The third-order valence-electron chi connectivity index (χ3n) is 4.75. The van der Waals surface area contributed by atoms with E-state index < -0.39 is 5.54 Å². The summed E-state index contributed by atoms with van der Waals surface area (Å²) >= 11 is 0. The van der Waals surface area contributed by atoms with E-state index in [-0.39, 0.29) is 48.5 Å². The van der Waals surface area contributed by atoms with E-state index in [0.29, 0.717) is 19.4 Å². The van der Waals surface area contributed by atoms with Gasteiger partial charge in [-0.05, 0) is 45.9 Å². The molecule has 0 aromatic carbocycles. The third-order valence-corrected chi connectivity index (χ3v) is 4.75. The summed E-state index contributed by atoms with van der Waals surface area (Å²) in [7, 11) is 1.76. The summed E-state index contributed by atoms with van der Waals surface area (Å²) in [5.74, 6) is -0.273. The van der Waals surface area contributed by atoms with Crippen molar-refractivity contribution >= 4 is 31.3 Å². The SMILES string of the molecule is BCC(=O)N(CC(C)=O)C[C@@H](NC(C)(C)C(=O)CN)[C@@H](C)CCCNC(=N)N. The average molecular weight is 396 g/mol. The van der Waals surface area contributed by atoms with E-state index >= 15 is 0 Å². The number of ketones is 2. The quantitative estimate of drug-likeness (QED) is 0.105. The largest absolute Gasteiger partial charge is 0.370 e. The van der Waals surface area contributed by atoms with Gasteiger partial charge in [0.15, 0.2) is 11.7 Å². The van der Waals surface area contributed by atoms with Crippen LogP contribution in [0.5, 0.6) is 0 Å². The van der Waals surface area contributed by atoms with Gasteiger partial charge in [-0.15, -0.1) is 0 Å². The van der Waals surface area contributed by atoms with E-state index in [4.69, 9.17) is 16.9 Å². The Morgan fingerprint density at radius 2 is 1.89 bits per heavy atom. The highest BCUT2D eigenvalue weighted by Crippen LogP contribution is 2.17. The Labute approximate surface area is 169 Å². The van der Waals surface area contributed by atoms with Gasteiger partial charge in [-0.25, -0.2) is 0 Å². The second-order valence-electron chi connectivity index (χ2n) is 7.79. The lowest BCUT2D eigenvalue weighted by molar-refractivity contribution is -0.133. The lowest BCUT2D eigenvalue weighted by Gasteiger charge is -2.37. The summed E-state index contributed by atoms with van der Waals surface area (Å²) < 4.78 is 0. The fourth-order valence-corrected chi connectivity index (χ4v) is 3.00. The first-order valence-corrected chi connectivity index (χ1v) is 9.80. The number of carbonyl (C=O) groups is 3. The minimum atomic E-state index is -0.845. The molecular formula is C18H37BN6O3. The lowest BCUT2D eigenvalue weighted by Crippen LogP contribution is -2.59. The Morgan fingerprint density at radius 1 is 1.29 bits per heavy atom. The molecule has 0 aliphatic rings. The molecule has 160 valence electrons. The highest BCUT2D eigenvalue weighted by atomic mass is 16.2. The molecule has 10 heteroatoms. The number of amides is 1. The number of Topliss-reactive ketones (excluding diaryl/α,β-unsaturated/α-hetero) is 2. The highest BCUT2D eigenvalue weighted by Gasteiger charge is 2.32. The molecule has 9 nitrogen and oxygen atoms in total. The molecule has 0 bridgehead atoms. The standard InChI is InChI=1S/C18H37BN6O3/c1-12(6-5-7-23-17(21)22)14(24-18(3,4)15(27)9-20)11-25(10-13(2)26)16(28)8-19/h12,14,24H,5-11,19-20H2,1-4H3,(H4,21,22,23)/t12-,14+/m0/s1. The Kier molecular flexibility index (Phi) is 11.6. The van der Waals surface area contributed by atoms with E-state index in [1.54, 1.807) is 26.6 Å². The maximum absolute atomic E-state index is 12.3. The zero-order valence-corrected chi connectivity index (χ0v) is 17.9. The summed E-state index contributed by atoms with van der Waals surface area (Å²) in [5, 5.41) is 13.3. The van der Waals surface area contributed by atoms with Gasteiger partial charge in [-0.1, -0.05) is 6.92 Å². The van der Waals surface area contributed by atoms with E-state index in [1.807, 2.05) is 6.92 Å². The molecule has 1 amide bonds. The number of rotatable bonds is 14. The number of guanidine groups is 1. The second kappa shape index (κ2) is 12.5. The lowest BCUT2D eigenvalue weighted by atomic mass is 9.90. The first-order valence-electron chi connectivity index (χ1n) is 9.80. The molecule has 0 saturated carbocycles. The fraction of sp³-hybridized carbons (Fsp3) is 0.778. The van der Waals surface area contributed by atoms with Gasteiger partial charge in [0.05, 0.1) is 18.6 Å². The second-order valence-corrected chi connectivity index (χ2v) is 7.79. The van der Waals surface area contributed by atoms with Crippen molar-refractivity contribution < 1.29 is 14.4 Å². The summed E-state index contributed by atoms with van der Waals surface area (Å²) in [5.41, 5.74) is 9.99. The van der Waals surface area contributed by atoms with Crippen LogP contribution in [0.4, 0.5) is 0 Å². The monoisotopic (exact) mass is 396 g/mol. The molecule has 0 saturated heterocycles. The predicted molar refractivity (Wildman–Crippen MR) is 114 cm³/mol. The van der Waals surface area contributed by atoms with Crippen molar-refractivity contribution in [2.24, 2.45) is 17.4 Å². The summed E-state index contributed by atoms with van der Waals surface area (Å²) in [6, 6.07) is -0.197. The third kappa shape index (κ3) is 9.84. The number of hydrogen-bond donors (Lipinski definition) is 5. The molecule has 0 aliphatic heterocycles. The smallest absolute Gasteiger partial charge is 0.215 e. The number of hydrogen-bond acceptors (Lipinski definition) is 6. The van der Waals surface area contributed by atoms with Crippen molar-refractivity contribution in [1.29, 1.82) is 5.41 Å². The van der Waals surface area contributed by atoms with Gasteiger partial charge in [0.1, 0.15) is 13.6 Å². The number of nitrogens with zero attached hydrogens (tertiary/aromatic N) is 1. The van der Waals surface area contributed by atoms with Crippen LogP contribution in [0.15, 0.2) is 0 Å². The van der Waals surface area contributed by atoms with Crippen molar-refractivity contribution in [3.05, 3.63) is 0 Å². The van der Waals surface area contributed by atoms with Crippen LogP contribution in [0.1, 0.15) is 40.5 Å². The van der Waals surface area contributed by atoms with Gasteiger partial charge in [0.2, 0.25) is 5.91 Å². The molecule has 0 fully saturated rings. The van der Waals surface area contributed by atoms with Crippen LogP contribution in [0.3, 0.4) is 0 Å². The van der Waals surface area contributed by atoms with Gasteiger partial charge in [-0.2, -0.15) is 0 Å². The molecule has 0 rings (SSSR count). The minimum absolute atomic E-state index is 0.0503. The molecule has 2 atom stereocenters. The normalized spacial score (nSPS) is 13.5. The molecule has 0 heterocycles. The Balaban J connectivity index is 5.33. The Morgan fingerprint density at radius 3 is 2.36 bits per heavy atom. The number of nitrogens with one attached hydrogen (secondary N) is 3. The van der Waals surface area contributed by atoms with Gasteiger partial charge < -0.3 is 27.0 Å². The molecule has 0 spiro atoms. The van der Waals surface area contributed by atoms with Crippen LogP contribution >= 0.6 is 0 Å². The summed E-state index contributed by atoms with van der Waals surface area (Å²) in [4.78, 5) is 37.7. The van der Waals surface area contributed by atoms with Gasteiger partial charge >= 0.3 is 0 Å². The number of nitrogens with two attached hydrogens (primary N) is 2. The zero-order valence-electron chi connectivity index (χ0n) is 17.9. The first-order chi connectivity index (χ1) is 12.9. The van der Waals surface area contributed by atoms with Crippen molar-refractivity contribution in [1.82, 2.24) is 15.5 Å². The zero-order chi connectivity index (χ0) is 21.9. The predicted octanol–water partition coefficient (Wildman–Crippen LogP) is -1.38. The molecule has 0 radical (unpaired) electrons. The number of carbonyl (C=O) groups excluding carboxylic acids is 3. The van der Waals surface area contributed by atoms with Crippen LogP contribution < -0.4 is 22.1 Å². The van der Waals surface area contributed by atoms with Crippen LogP contribution in [0, 0.1) is 11.3 Å². The van der Waals surface area contributed by atoms with Crippen LogP contribution in [-0.2, 0) is 14.4 Å². The van der Waals surface area contributed by atoms with E-state index in [1.165, 1.54) is 6.92 Å². The Bertz CT molecular complexity index is 555. The van der Waals surface area contributed by atoms with Crippen LogP contribution in [0.2, 0.25) is 6.32 Å². The molecule has 0 aliphatic carbocycles. The highest BCUT2D eigenvalue weighted by molar-refractivity contribution is 6.19. The molecule has 0 aromatic rings. The molecule has 0 unspecified atom stereocenters. The van der Waals surface area contributed by atoms with Crippen LogP contribution in [0.25, 0.3) is 0 Å². The van der Waals surface area contributed by atoms with Crippen molar-refractivity contribution in [3.8, 4) is 0 Å². The molecule has 0 aromatic heterocycles. The molecule has 28 heavy (non-hydrogen) atoms. The molecule has 7 N–H and O–H groups in total. The minimum Gasteiger partial charge on any atom is -0.370 e. The maximum atomic E-state index is 12.3. The van der Waals surface area contributed by atoms with E-state index in [2.05, 4.69) is 10.6 Å². The van der Waals surface area contributed by atoms with E-state index in [9.17, 15) is 14.4 Å². The van der Waals surface area contributed by atoms with Crippen LogP contribution in [-0.4, -0.2) is 73.9 Å². The summed E-state index contributed by atoms with van der Waals surface area (Å²) in [6.45, 7) is 7.92. The van der Waals surface area contributed by atoms with Gasteiger partial charge in [0, 0.05) is 19.1 Å². The Hall–Kier alpha value is -1.94. The van der Waals surface area contributed by atoms with Crippen molar-refractivity contribution in [3.63, 3.8) is 0 Å². The van der Waals surface area contributed by atoms with Gasteiger partial charge in [0.25, 0.3) is 0 Å². The maximum Gasteiger partial charge on any atom is 0.215 e. The van der Waals surface area contributed by atoms with Crippen molar-refractivity contribution in [2.45, 2.75) is 58.4 Å². The topological polar surface area (TPSA) is 154 Å².